The smallest absolute Gasteiger partial charge is 0.336 e. The molecule has 2 atom stereocenters. The van der Waals surface area contributed by atoms with Crippen molar-refractivity contribution in [3.8, 4) is 11.5 Å². The number of hydrogen-bond acceptors (Lipinski definition) is 6. The maximum atomic E-state index is 15.0. The van der Waals surface area contributed by atoms with E-state index in [0.29, 0.717) is 34.9 Å². The van der Waals surface area contributed by atoms with Crippen LogP contribution in [0.3, 0.4) is 0 Å². The normalized spacial score (nSPS) is 20.0. The van der Waals surface area contributed by atoms with E-state index in [4.69, 9.17) is 14.2 Å². The number of rotatable bonds is 6. The van der Waals surface area contributed by atoms with Crippen molar-refractivity contribution < 1.29 is 28.2 Å². The zero-order valence-electron chi connectivity index (χ0n) is 19.7. The first-order valence-electron chi connectivity index (χ1n) is 11.3. The predicted molar refractivity (Wildman–Crippen MR) is 125 cm³/mol. The number of hydrogen-bond donors (Lipinski definition) is 1. The first-order chi connectivity index (χ1) is 16.4. The van der Waals surface area contributed by atoms with Crippen LogP contribution >= 0.6 is 0 Å². The molecule has 2 aliphatic rings. The SMILES string of the molecule is CCOC(=O)C1=C(C)NC2=C(C(=O)C[C@@H](c3ccc(OC)c(OC)c3)C2)[C@@H]1c1ccccc1F. The number of methoxy groups -OCH3 is 2. The van der Waals surface area contributed by atoms with Gasteiger partial charge in [-0.1, -0.05) is 24.3 Å². The fourth-order valence-electron chi connectivity index (χ4n) is 4.88. The Bertz CT molecular complexity index is 1200. The summed E-state index contributed by atoms with van der Waals surface area (Å²) in [6, 6.07) is 11.9. The minimum Gasteiger partial charge on any atom is -0.493 e. The van der Waals surface area contributed by atoms with Gasteiger partial charge in [-0.15, -0.1) is 0 Å². The highest BCUT2D eigenvalue weighted by molar-refractivity contribution is 6.04. The molecule has 0 unspecified atom stereocenters. The van der Waals surface area contributed by atoms with E-state index in [1.165, 1.54) is 6.07 Å². The zero-order chi connectivity index (χ0) is 24.4. The molecule has 1 aliphatic carbocycles. The van der Waals surface area contributed by atoms with Crippen LogP contribution in [-0.4, -0.2) is 32.6 Å². The van der Waals surface area contributed by atoms with Crippen LogP contribution in [0, 0.1) is 5.82 Å². The third kappa shape index (κ3) is 4.18. The molecule has 1 N–H and O–H groups in total. The molecule has 0 radical (unpaired) electrons. The second-order valence-corrected chi connectivity index (χ2v) is 8.37. The number of benzene rings is 2. The summed E-state index contributed by atoms with van der Waals surface area (Å²) in [5.41, 5.74) is 3.19. The van der Waals surface area contributed by atoms with E-state index in [0.717, 1.165) is 5.56 Å². The molecule has 0 aromatic heterocycles. The third-order valence-electron chi connectivity index (χ3n) is 6.42. The molecule has 4 rings (SSSR count). The van der Waals surface area contributed by atoms with Crippen molar-refractivity contribution in [1.29, 1.82) is 0 Å². The van der Waals surface area contributed by atoms with Gasteiger partial charge in [-0.2, -0.15) is 0 Å². The lowest BCUT2D eigenvalue weighted by Crippen LogP contribution is -2.36. The molecule has 7 heteroatoms. The Hall–Kier alpha value is -3.61. The van der Waals surface area contributed by atoms with Crippen molar-refractivity contribution in [2.75, 3.05) is 20.8 Å². The average Bonchev–Trinajstić information content (AvgIpc) is 2.83. The molecule has 0 bridgehead atoms. The summed E-state index contributed by atoms with van der Waals surface area (Å²) in [7, 11) is 3.14. The van der Waals surface area contributed by atoms with Crippen molar-refractivity contribution in [3.05, 3.63) is 81.9 Å². The average molecular weight is 466 g/mol. The number of Topliss-reactive ketones (excluding diaryl/α,β-unsaturated/α-hetero) is 1. The summed E-state index contributed by atoms with van der Waals surface area (Å²) in [6.45, 7) is 3.65. The van der Waals surface area contributed by atoms with Gasteiger partial charge in [0.25, 0.3) is 0 Å². The lowest BCUT2D eigenvalue weighted by atomic mass is 9.71. The Labute approximate surface area is 198 Å². The molecule has 2 aromatic carbocycles. The van der Waals surface area contributed by atoms with Crippen molar-refractivity contribution in [2.24, 2.45) is 0 Å². The van der Waals surface area contributed by atoms with E-state index < -0.39 is 17.7 Å². The van der Waals surface area contributed by atoms with E-state index in [1.807, 2.05) is 18.2 Å². The van der Waals surface area contributed by atoms with Crippen LogP contribution in [0.2, 0.25) is 0 Å². The monoisotopic (exact) mass is 465 g/mol. The van der Waals surface area contributed by atoms with Crippen LogP contribution < -0.4 is 14.8 Å². The van der Waals surface area contributed by atoms with E-state index >= 15 is 0 Å². The Morgan fingerprint density at radius 3 is 2.50 bits per heavy atom. The van der Waals surface area contributed by atoms with Crippen molar-refractivity contribution in [2.45, 2.75) is 38.5 Å². The van der Waals surface area contributed by atoms with Crippen molar-refractivity contribution in [1.82, 2.24) is 5.32 Å². The maximum Gasteiger partial charge on any atom is 0.336 e. The number of esters is 1. The summed E-state index contributed by atoms with van der Waals surface area (Å²) in [5, 5.41) is 3.27. The second kappa shape index (κ2) is 9.71. The lowest BCUT2D eigenvalue weighted by molar-refractivity contribution is -0.138. The number of halogens is 1. The van der Waals surface area contributed by atoms with Crippen molar-refractivity contribution in [3.63, 3.8) is 0 Å². The lowest BCUT2D eigenvalue weighted by Gasteiger charge is -2.36. The van der Waals surface area contributed by atoms with Crippen LogP contribution in [0.5, 0.6) is 11.5 Å². The van der Waals surface area contributed by atoms with Gasteiger partial charge >= 0.3 is 5.97 Å². The summed E-state index contributed by atoms with van der Waals surface area (Å²) in [5.74, 6) is -0.869. The van der Waals surface area contributed by atoms with Gasteiger partial charge in [0.05, 0.1) is 32.3 Å². The Kier molecular flexibility index (Phi) is 6.72. The maximum absolute atomic E-state index is 15.0. The third-order valence-corrected chi connectivity index (χ3v) is 6.42. The van der Waals surface area contributed by atoms with E-state index in [9.17, 15) is 14.0 Å². The number of dihydropyridines is 1. The molecule has 0 saturated carbocycles. The number of carbonyl (C=O) groups is 2. The number of ketones is 1. The number of carbonyl (C=O) groups excluding carboxylic acids is 2. The minimum atomic E-state index is -0.824. The van der Waals surface area contributed by atoms with E-state index in [1.54, 1.807) is 46.3 Å². The molecule has 1 aliphatic heterocycles. The molecule has 1 heterocycles. The van der Waals surface area contributed by atoms with Gasteiger partial charge in [0.1, 0.15) is 5.82 Å². The van der Waals surface area contributed by atoms with Crippen LogP contribution in [0.4, 0.5) is 4.39 Å². The Morgan fingerprint density at radius 1 is 1.09 bits per heavy atom. The first kappa shape index (κ1) is 23.5. The standard InChI is InChI=1S/C27H28FNO5/c1-5-34-27(31)24-15(2)29-20-12-17(16-10-11-22(32-3)23(14-16)33-4)13-21(30)26(20)25(24)18-8-6-7-9-19(18)28/h6-11,14,17,25,29H,5,12-13H2,1-4H3/t17-,25+/m0/s1. The molecule has 0 amide bonds. The largest absolute Gasteiger partial charge is 0.493 e. The van der Waals surface area contributed by atoms with Crippen LogP contribution in [0.1, 0.15) is 49.7 Å². The van der Waals surface area contributed by atoms with Gasteiger partial charge in [0.2, 0.25) is 0 Å². The van der Waals surface area contributed by atoms with Gasteiger partial charge < -0.3 is 19.5 Å². The molecular formula is C27H28FNO5. The molecule has 0 spiro atoms. The fourth-order valence-corrected chi connectivity index (χ4v) is 4.88. The predicted octanol–water partition coefficient (Wildman–Crippen LogP) is 4.77. The van der Waals surface area contributed by atoms with Crippen molar-refractivity contribution >= 4 is 11.8 Å². The quantitative estimate of drug-likeness (QED) is 0.620. The zero-order valence-corrected chi connectivity index (χ0v) is 19.7. The molecular weight excluding hydrogens is 437 g/mol. The topological polar surface area (TPSA) is 73.9 Å². The summed E-state index contributed by atoms with van der Waals surface area (Å²) in [6.07, 6.45) is 0.769. The molecule has 34 heavy (non-hydrogen) atoms. The number of allylic oxidation sites excluding steroid dienone is 3. The van der Waals surface area contributed by atoms with E-state index in [-0.39, 0.29) is 35.9 Å². The highest BCUT2D eigenvalue weighted by atomic mass is 19.1. The van der Waals surface area contributed by atoms with Crippen LogP contribution in [-0.2, 0) is 14.3 Å². The number of ether oxygens (including phenoxy) is 3. The van der Waals surface area contributed by atoms with Gasteiger partial charge in [-0.25, -0.2) is 9.18 Å². The molecule has 0 saturated heterocycles. The van der Waals surface area contributed by atoms with Gasteiger partial charge in [0, 0.05) is 29.0 Å². The molecule has 6 nitrogen and oxygen atoms in total. The van der Waals surface area contributed by atoms with Crippen LogP contribution in [0.15, 0.2) is 65.0 Å². The highest BCUT2D eigenvalue weighted by Crippen LogP contribution is 2.46. The highest BCUT2D eigenvalue weighted by Gasteiger charge is 2.42. The first-order valence-corrected chi connectivity index (χ1v) is 11.3. The minimum absolute atomic E-state index is 0.100. The van der Waals surface area contributed by atoms with Gasteiger partial charge in [-0.3, -0.25) is 4.79 Å². The fraction of sp³-hybridized carbons (Fsp3) is 0.333. The van der Waals surface area contributed by atoms with Crippen LogP contribution in [0.25, 0.3) is 0 Å². The molecule has 178 valence electrons. The summed E-state index contributed by atoms with van der Waals surface area (Å²) >= 11 is 0. The molecule has 0 fully saturated rings. The van der Waals surface area contributed by atoms with Gasteiger partial charge in [0.15, 0.2) is 17.3 Å². The Balaban J connectivity index is 1.79. The molecule has 2 aromatic rings. The van der Waals surface area contributed by atoms with E-state index in [2.05, 4.69) is 5.32 Å². The van der Waals surface area contributed by atoms with Gasteiger partial charge in [-0.05, 0) is 49.9 Å². The summed E-state index contributed by atoms with van der Waals surface area (Å²) < 4.78 is 31.0. The summed E-state index contributed by atoms with van der Waals surface area (Å²) in [4.78, 5) is 26.5. The number of nitrogens with one attached hydrogen (secondary N) is 1. The second-order valence-electron chi connectivity index (χ2n) is 8.37. The Morgan fingerprint density at radius 2 is 1.82 bits per heavy atom.